The molecule has 45 heavy (non-hydrogen) atoms. The number of aliphatic hydroxyl groups is 1. The fourth-order valence-corrected chi connectivity index (χ4v) is 5.16. The van der Waals surface area contributed by atoms with Gasteiger partial charge in [0, 0.05) is 28.7 Å². The minimum Gasteiger partial charge on any atom is -0.491 e. The third-order valence-electron chi connectivity index (χ3n) is 6.68. The van der Waals surface area contributed by atoms with Crippen molar-refractivity contribution in [2.24, 2.45) is 4.99 Å². The van der Waals surface area contributed by atoms with Crippen molar-refractivity contribution in [2.45, 2.75) is 26.0 Å². The van der Waals surface area contributed by atoms with Gasteiger partial charge in [-0.2, -0.15) is 0 Å². The van der Waals surface area contributed by atoms with Crippen LogP contribution in [0.25, 0.3) is 0 Å². The summed E-state index contributed by atoms with van der Waals surface area (Å²) in [4.78, 5) is 30.1. The molecule has 14 heteroatoms. The van der Waals surface area contributed by atoms with Gasteiger partial charge in [0.15, 0.2) is 10.2 Å². The fraction of sp³-hybridized carbons (Fsp3) is 0.226. The van der Waals surface area contributed by atoms with Gasteiger partial charge in [0.05, 0.1) is 35.3 Å². The summed E-state index contributed by atoms with van der Waals surface area (Å²) in [5.41, 5.74) is 2.23. The lowest BCUT2D eigenvalue weighted by atomic mass is 9.93. The third kappa shape index (κ3) is 8.82. The predicted molar refractivity (Wildman–Crippen MR) is 181 cm³/mol. The number of benzene rings is 3. The first-order valence-electron chi connectivity index (χ1n) is 13.8. The summed E-state index contributed by atoms with van der Waals surface area (Å²) in [7, 11) is 0. The van der Waals surface area contributed by atoms with Crippen molar-refractivity contribution in [1.29, 1.82) is 0 Å². The molecule has 0 aromatic heterocycles. The molecule has 0 bridgehead atoms. The van der Waals surface area contributed by atoms with E-state index in [1.807, 2.05) is 0 Å². The van der Waals surface area contributed by atoms with Crippen LogP contribution in [-0.4, -0.2) is 63.2 Å². The van der Waals surface area contributed by atoms with Crippen LogP contribution in [0, 0.1) is 10.1 Å². The molecular weight excluding hydrogens is 638 g/mol. The second-order valence-corrected chi connectivity index (χ2v) is 11.0. The van der Waals surface area contributed by atoms with Gasteiger partial charge in [-0.1, -0.05) is 23.7 Å². The Balaban J connectivity index is 1.40. The monoisotopic (exact) mass is 667 g/mol. The van der Waals surface area contributed by atoms with Crippen LogP contribution in [0.2, 0.25) is 5.02 Å². The molecule has 1 heterocycles. The van der Waals surface area contributed by atoms with Crippen molar-refractivity contribution >= 4 is 69.8 Å². The van der Waals surface area contributed by atoms with Gasteiger partial charge in [-0.25, -0.2) is 9.79 Å². The fourth-order valence-electron chi connectivity index (χ4n) is 4.53. The average Bonchev–Trinajstić information content (AvgIpc) is 3.02. The van der Waals surface area contributed by atoms with Crippen LogP contribution in [0.1, 0.15) is 31.0 Å². The Morgan fingerprint density at radius 2 is 1.89 bits per heavy atom. The van der Waals surface area contributed by atoms with E-state index in [4.69, 9.17) is 45.5 Å². The molecule has 234 valence electrons. The maximum Gasteiger partial charge on any atom is 0.338 e. The number of hydrogen-bond acceptors (Lipinski definition) is 8. The number of rotatable bonds is 11. The van der Waals surface area contributed by atoms with Gasteiger partial charge in [-0.3, -0.25) is 10.1 Å². The zero-order valence-corrected chi connectivity index (χ0v) is 26.7. The van der Waals surface area contributed by atoms with Gasteiger partial charge in [0.2, 0.25) is 0 Å². The molecule has 3 aromatic carbocycles. The molecule has 0 amide bonds. The van der Waals surface area contributed by atoms with Crippen LogP contribution in [0.15, 0.2) is 89.1 Å². The Morgan fingerprint density at radius 1 is 1.20 bits per heavy atom. The topological polar surface area (TPSA) is 139 Å². The number of nitro groups is 1. The van der Waals surface area contributed by atoms with E-state index >= 15 is 0 Å². The van der Waals surface area contributed by atoms with Crippen molar-refractivity contribution in [1.82, 2.24) is 10.2 Å². The summed E-state index contributed by atoms with van der Waals surface area (Å²) in [5.74, 6) is -0.127. The summed E-state index contributed by atoms with van der Waals surface area (Å²) in [6.07, 6.45) is 0.602. The van der Waals surface area contributed by atoms with Crippen LogP contribution < -0.4 is 15.4 Å². The second kappa shape index (κ2) is 15.5. The molecule has 0 spiro atoms. The van der Waals surface area contributed by atoms with Gasteiger partial charge in [0.25, 0.3) is 5.69 Å². The summed E-state index contributed by atoms with van der Waals surface area (Å²) in [6.45, 7) is 3.36. The molecule has 3 aromatic rings. The van der Waals surface area contributed by atoms with Crippen LogP contribution in [0.3, 0.4) is 0 Å². The number of anilines is 1. The van der Waals surface area contributed by atoms with Crippen molar-refractivity contribution in [3.05, 3.63) is 110 Å². The number of β-amino-alcohol motifs (C(OH)–C–C–N with tert-alkyl or cyclic N) is 1. The van der Waals surface area contributed by atoms with E-state index < -0.39 is 23.0 Å². The SMILES string of the molecule is CCOC(=O)C1=C(C)N(CC(O)COc2ccc(C=NC(=S)Nc3ccc(Cl)cc3)cc2)C(=S)NC1c1ccccc1[N+](=O)[O-]. The number of nitro benzene ring substituents is 1. The van der Waals surface area contributed by atoms with Gasteiger partial charge in [-0.15, -0.1) is 0 Å². The molecule has 4 rings (SSSR count). The predicted octanol–water partition coefficient (Wildman–Crippen LogP) is 5.57. The lowest BCUT2D eigenvalue weighted by Gasteiger charge is -2.38. The normalized spacial score (nSPS) is 15.4. The molecule has 2 atom stereocenters. The number of esters is 1. The van der Waals surface area contributed by atoms with E-state index in [-0.39, 0.29) is 46.8 Å². The number of nitrogens with one attached hydrogen (secondary N) is 2. The number of aliphatic imine (C=N–C) groups is 1. The molecule has 0 fully saturated rings. The van der Waals surface area contributed by atoms with E-state index in [9.17, 15) is 20.0 Å². The smallest absolute Gasteiger partial charge is 0.338 e. The van der Waals surface area contributed by atoms with Crippen molar-refractivity contribution in [2.75, 3.05) is 25.1 Å². The van der Waals surface area contributed by atoms with Gasteiger partial charge in [-0.05, 0) is 98.4 Å². The minimum atomic E-state index is -1.01. The number of para-hydroxylation sites is 1. The number of ether oxygens (including phenoxy) is 2. The second-order valence-electron chi connectivity index (χ2n) is 9.76. The van der Waals surface area contributed by atoms with Crippen LogP contribution in [-0.2, 0) is 9.53 Å². The Bertz CT molecular complexity index is 1630. The van der Waals surface area contributed by atoms with E-state index in [1.54, 1.807) is 91.7 Å². The number of thiocarbonyl (C=S) groups is 2. The molecule has 2 unspecified atom stereocenters. The Kier molecular flexibility index (Phi) is 11.5. The number of hydrogen-bond donors (Lipinski definition) is 3. The van der Waals surface area contributed by atoms with Crippen molar-refractivity contribution in [3.8, 4) is 5.75 Å². The number of allylic oxidation sites excluding steroid dienone is 1. The summed E-state index contributed by atoms with van der Waals surface area (Å²) >= 11 is 16.7. The van der Waals surface area contributed by atoms with Crippen molar-refractivity contribution < 1.29 is 24.3 Å². The van der Waals surface area contributed by atoms with Crippen LogP contribution in [0.5, 0.6) is 5.75 Å². The molecule has 1 aliphatic rings. The third-order valence-corrected chi connectivity index (χ3v) is 7.48. The number of halogens is 1. The lowest BCUT2D eigenvalue weighted by Crippen LogP contribution is -2.50. The standard InChI is InChI=1S/C31H30ClN5O6S2/c1-3-42-29(39)27-19(2)36(31(45)35-28(27)25-6-4-5-7-26(25)37(40)41)17-23(38)18-43-24-14-8-20(9-15-24)16-33-30(44)34-22-12-10-21(32)11-13-22/h4-16,23,28,38H,3,17-18H2,1-2H3,(H,34,44)(H,35,45). The van der Waals surface area contributed by atoms with Gasteiger partial charge >= 0.3 is 5.97 Å². The maximum atomic E-state index is 13.1. The van der Waals surface area contributed by atoms with E-state index in [1.165, 1.54) is 6.07 Å². The molecule has 0 saturated heterocycles. The van der Waals surface area contributed by atoms with Crippen LogP contribution in [0.4, 0.5) is 11.4 Å². The lowest BCUT2D eigenvalue weighted by molar-refractivity contribution is -0.385. The molecule has 0 saturated carbocycles. The number of carbonyl (C=O) groups is 1. The minimum absolute atomic E-state index is 0.00696. The largest absolute Gasteiger partial charge is 0.491 e. The highest BCUT2D eigenvalue weighted by molar-refractivity contribution is 7.80. The highest BCUT2D eigenvalue weighted by atomic mass is 35.5. The van der Waals surface area contributed by atoms with Crippen molar-refractivity contribution in [3.63, 3.8) is 0 Å². The summed E-state index contributed by atoms with van der Waals surface area (Å²) in [6, 6.07) is 19.4. The highest BCUT2D eigenvalue weighted by Gasteiger charge is 2.38. The Labute approximate surface area is 275 Å². The van der Waals surface area contributed by atoms with Crippen LogP contribution >= 0.6 is 36.0 Å². The quantitative estimate of drug-likeness (QED) is 0.0777. The van der Waals surface area contributed by atoms with E-state index in [2.05, 4.69) is 15.6 Å². The van der Waals surface area contributed by atoms with Gasteiger partial charge in [0.1, 0.15) is 18.5 Å². The Hall–Kier alpha value is -4.43. The first kappa shape index (κ1) is 33.5. The molecule has 0 radical (unpaired) electrons. The average molecular weight is 668 g/mol. The number of aliphatic hydroxyl groups excluding tert-OH is 1. The molecule has 11 nitrogen and oxygen atoms in total. The number of carbonyl (C=O) groups excluding carboxylic acids is 1. The maximum absolute atomic E-state index is 13.1. The zero-order chi connectivity index (χ0) is 32.5. The zero-order valence-electron chi connectivity index (χ0n) is 24.3. The summed E-state index contributed by atoms with van der Waals surface area (Å²) in [5, 5.41) is 29.7. The molecular formula is C31H30ClN5O6S2. The van der Waals surface area contributed by atoms with E-state index in [0.717, 1.165) is 11.3 Å². The summed E-state index contributed by atoms with van der Waals surface area (Å²) < 4.78 is 11.1. The molecule has 1 aliphatic heterocycles. The molecule has 3 N–H and O–H groups in total. The first-order chi connectivity index (χ1) is 21.6. The van der Waals surface area contributed by atoms with Gasteiger partial charge < -0.3 is 30.1 Å². The highest BCUT2D eigenvalue weighted by Crippen LogP contribution is 2.36. The van der Waals surface area contributed by atoms with E-state index in [0.29, 0.717) is 16.5 Å². The first-order valence-corrected chi connectivity index (χ1v) is 15.0. The molecule has 0 aliphatic carbocycles. The number of nitrogens with zero attached hydrogens (tertiary/aromatic N) is 3. The Morgan fingerprint density at radius 3 is 2.56 bits per heavy atom.